The Hall–Kier alpha value is -2.81. The molecule has 0 fully saturated rings. The van der Waals surface area contributed by atoms with Crippen molar-refractivity contribution >= 4 is 16.7 Å². The number of hydrogen-bond donors (Lipinski definition) is 1. The van der Waals surface area contributed by atoms with E-state index in [0.29, 0.717) is 11.3 Å². The molecule has 0 heterocycles. The number of fused-ring (bicyclic) bond motifs is 1. The summed E-state index contributed by atoms with van der Waals surface area (Å²) in [5.74, 6) is 0.459. The molecule has 3 heteroatoms. The van der Waals surface area contributed by atoms with E-state index in [1.165, 1.54) is 11.1 Å². The molecule has 0 bridgehead atoms. The van der Waals surface area contributed by atoms with Crippen LogP contribution in [0.15, 0.2) is 54.6 Å². The highest BCUT2D eigenvalue weighted by Crippen LogP contribution is 2.27. The number of carbonyl (C=O) groups is 1. The van der Waals surface area contributed by atoms with Crippen LogP contribution in [0.1, 0.15) is 40.0 Å². The first-order chi connectivity index (χ1) is 12.0. The molecule has 3 aromatic rings. The van der Waals surface area contributed by atoms with E-state index in [1.807, 2.05) is 43.3 Å². The van der Waals surface area contributed by atoms with Crippen molar-refractivity contribution in [2.24, 2.45) is 0 Å². The second-order valence-electron chi connectivity index (χ2n) is 6.45. The Morgan fingerprint density at radius 3 is 2.36 bits per heavy atom. The van der Waals surface area contributed by atoms with E-state index >= 15 is 0 Å². The molecule has 0 aliphatic rings. The van der Waals surface area contributed by atoms with Gasteiger partial charge >= 0.3 is 0 Å². The van der Waals surface area contributed by atoms with Gasteiger partial charge in [-0.3, -0.25) is 4.79 Å². The molecule has 0 radical (unpaired) electrons. The van der Waals surface area contributed by atoms with Gasteiger partial charge < -0.3 is 10.1 Å². The second kappa shape index (κ2) is 6.98. The van der Waals surface area contributed by atoms with Gasteiger partial charge in [0, 0.05) is 0 Å². The number of methoxy groups -OCH3 is 1. The van der Waals surface area contributed by atoms with Crippen molar-refractivity contribution in [3.8, 4) is 5.75 Å². The number of aryl methyl sites for hydroxylation is 2. The zero-order valence-corrected chi connectivity index (χ0v) is 15.1. The van der Waals surface area contributed by atoms with Crippen LogP contribution in [0, 0.1) is 13.8 Å². The van der Waals surface area contributed by atoms with Crippen LogP contribution in [0.4, 0.5) is 0 Å². The minimum Gasteiger partial charge on any atom is -0.496 e. The Morgan fingerprint density at radius 2 is 1.68 bits per heavy atom. The van der Waals surface area contributed by atoms with Gasteiger partial charge in [0.25, 0.3) is 5.91 Å². The monoisotopic (exact) mass is 333 g/mol. The number of ether oxygens (including phenoxy) is 1. The number of amides is 1. The van der Waals surface area contributed by atoms with E-state index < -0.39 is 0 Å². The summed E-state index contributed by atoms with van der Waals surface area (Å²) < 4.78 is 5.44. The minimum atomic E-state index is -0.129. The molecule has 1 N–H and O–H groups in total. The summed E-state index contributed by atoms with van der Waals surface area (Å²) in [6, 6.07) is 18.0. The molecule has 0 saturated heterocycles. The molecule has 3 nitrogen and oxygen atoms in total. The first-order valence-corrected chi connectivity index (χ1v) is 8.44. The molecule has 1 atom stereocenters. The first kappa shape index (κ1) is 17.0. The van der Waals surface area contributed by atoms with Crippen LogP contribution >= 0.6 is 0 Å². The number of benzene rings is 3. The van der Waals surface area contributed by atoms with Crippen molar-refractivity contribution in [3.05, 3.63) is 76.9 Å². The van der Waals surface area contributed by atoms with Gasteiger partial charge in [-0.25, -0.2) is 0 Å². The maximum Gasteiger partial charge on any atom is 0.255 e. The Labute approximate surface area is 148 Å². The fourth-order valence-electron chi connectivity index (χ4n) is 3.14. The van der Waals surface area contributed by atoms with Crippen molar-refractivity contribution in [2.45, 2.75) is 26.8 Å². The zero-order valence-electron chi connectivity index (χ0n) is 15.1. The largest absolute Gasteiger partial charge is 0.496 e. The SMILES string of the molecule is COc1cc2ccccc2cc1C(=O)N[C@H](C)c1cc(C)ccc1C. The normalized spacial score (nSPS) is 12.0. The summed E-state index contributed by atoms with van der Waals surface area (Å²) >= 11 is 0. The summed E-state index contributed by atoms with van der Waals surface area (Å²) in [5.41, 5.74) is 4.04. The summed E-state index contributed by atoms with van der Waals surface area (Å²) in [5, 5.41) is 5.18. The van der Waals surface area contributed by atoms with Crippen LogP contribution in [0.25, 0.3) is 10.8 Å². The summed E-state index contributed by atoms with van der Waals surface area (Å²) in [7, 11) is 1.59. The molecule has 0 aliphatic carbocycles. The Balaban J connectivity index is 1.92. The Bertz CT molecular complexity index is 930. The quantitative estimate of drug-likeness (QED) is 0.733. The molecule has 0 spiro atoms. The van der Waals surface area contributed by atoms with Crippen LogP contribution in [-0.4, -0.2) is 13.0 Å². The average Bonchev–Trinajstić information content (AvgIpc) is 2.62. The van der Waals surface area contributed by atoms with Gasteiger partial charge in [0.2, 0.25) is 0 Å². The lowest BCUT2D eigenvalue weighted by molar-refractivity contribution is 0.0937. The fourth-order valence-corrected chi connectivity index (χ4v) is 3.14. The van der Waals surface area contributed by atoms with Gasteiger partial charge in [-0.05, 0) is 54.8 Å². The van der Waals surface area contributed by atoms with E-state index in [4.69, 9.17) is 4.74 Å². The van der Waals surface area contributed by atoms with Gasteiger partial charge in [-0.1, -0.05) is 48.0 Å². The molecule has 0 aliphatic heterocycles. The third kappa shape index (κ3) is 3.50. The maximum absolute atomic E-state index is 12.9. The number of nitrogens with one attached hydrogen (secondary N) is 1. The van der Waals surface area contributed by atoms with Crippen LogP contribution in [0.5, 0.6) is 5.75 Å². The van der Waals surface area contributed by atoms with Crippen molar-refractivity contribution in [3.63, 3.8) is 0 Å². The lowest BCUT2D eigenvalue weighted by Crippen LogP contribution is -2.27. The number of rotatable bonds is 4. The highest BCUT2D eigenvalue weighted by Gasteiger charge is 2.17. The Morgan fingerprint density at radius 1 is 1.00 bits per heavy atom. The van der Waals surface area contributed by atoms with Gasteiger partial charge in [0.05, 0.1) is 18.7 Å². The molecule has 0 saturated carbocycles. The molecule has 128 valence electrons. The van der Waals surface area contributed by atoms with E-state index in [-0.39, 0.29) is 11.9 Å². The lowest BCUT2D eigenvalue weighted by atomic mass is 9.99. The van der Waals surface area contributed by atoms with Gasteiger partial charge in [-0.2, -0.15) is 0 Å². The van der Waals surface area contributed by atoms with E-state index in [1.54, 1.807) is 7.11 Å². The standard InChI is InChI=1S/C22H23NO2/c1-14-9-10-15(2)19(11-14)16(3)23-22(24)20-12-17-7-5-6-8-18(17)13-21(20)25-4/h5-13,16H,1-4H3,(H,23,24)/t16-/m1/s1. The highest BCUT2D eigenvalue weighted by molar-refractivity contribution is 6.01. The molecular weight excluding hydrogens is 310 g/mol. The fraction of sp³-hybridized carbons (Fsp3) is 0.227. The van der Waals surface area contributed by atoms with Crippen LogP contribution in [0.2, 0.25) is 0 Å². The molecule has 3 aromatic carbocycles. The number of hydrogen-bond acceptors (Lipinski definition) is 2. The van der Waals surface area contributed by atoms with Crippen molar-refractivity contribution in [2.75, 3.05) is 7.11 Å². The predicted octanol–water partition coefficient (Wildman–Crippen LogP) is 4.96. The number of carbonyl (C=O) groups excluding carboxylic acids is 1. The van der Waals surface area contributed by atoms with Crippen molar-refractivity contribution in [1.82, 2.24) is 5.32 Å². The third-order valence-electron chi connectivity index (χ3n) is 4.56. The second-order valence-corrected chi connectivity index (χ2v) is 6.45. The predicted molar refractivity (Wildman–Crippen MR) is 102 cm³/mol. The summed E-state index contributed by atoms with van der Waals surface area (Å²) in [6.07, 6.45) is 0. The smallest absolute Gasteiger partial charge is 0.255 e. The summed E-state index contributed by atoms with van der Waals surface area (Å²) in [6.45, 7) is 6.13. The molecule has 25 heavy (non-hydrogen) atoms. The van der Waals surface area contributed by atoms with E-state index in [0.717, 1.165) is 16.3 Å². The van der Waals surface area contributed by atoms with Gasteiger partial charge in [0.15, 0.2) is 0 Å². The lowest BCUT2D eigenvalue weighted by Gasteiger charge is -2.18. The summed E-state index contributed by atoms with van der Waals surface area (Å²) in [4.78, 5) is 12.9. The Kier molecular flexibility index (Phi) is 4.75. The minimum absolute atomic E-state index is 0.0800. The van der Waals surface area contributed by atoms with Crippen molar-refractivity contribution < 1.29 is 9.53 Å². The molecule has 0 unspecified atom stereocenters. The van der Waals surface area contributed by atoms with Crippen molar-refractivity contribution in [1.29, 1.82) is 0 Å². The topological polar surface area (TPSA) is 38.3 Å². The van der Waals surface area contributed by atoms with Gasteiger partial charge in [-0.15, -0.1) is 0 Å². The average molecular weight is 333 g/mol. The molecule has 1 amide bonds. The molecular formula is C22H23NO2. The maximum atomic E-state index is 12.9. The van der Waals surface area contributed by atoms with Crippen LogP contribution in [-0.2, 0) is 0 Å². The zero-order chi connectivity index (χ0) is 18.0. The highest BCUT2D eigenvalue weighted by atomic mass is 16.5. The van der Waals surface area contributed by atoms with E-state index in [2.05, 4.69) is 37.4 Å². The van der Waals surface area contributed by atoms with Crippen LogP contribution in [0.3, 0.4) is 0 Å². The first-order valence-electron chi connectivity index (χ1n) is 8.44. The van der Waals surface area contributed by atoms with E-state index in [9.17, 15) is 4.79 Å². The third-order valence-corrected chi connectivity index (χ3v) is 4.56. The van der Waals surface area contributed by atoms with Crippen LogP contribution < -0.4 is 10.1 Å². The van der Waals surface area contributed by atoms with Gasteiger partial charge in [0.1, 0.15) is 5.75 Å². The molecule has 3 rings (SSSR count). The molecule has 0 aromatic heterocycles.